The molecule has 2 nitrogen and oxygen atoms in total. The Morgan fingerprint density at radius 1 is 1.44 bits per heavy atom. The molecule has 0 N–H and O–H groups in total. The number of benzene rings is 1. The van der Waals surface area contributed by atoms with Gasteiger partial charge < -0.3 is 4.74 Å². The van der Waals surface area contributed by atoms with Crippen LogP contribution in [0.3, 0.4) is 0 Å². The molecular weight excluding hydrogens is 222 g/mol. The summed E-state index contributed by atoms with van der Waals surface area (Å²) in [5.74, 6) is 1.25. The maximum absolute atomic E-state index is 8.84. The average molecular weight is 238 g/mol. The van der Waals surface area contributed by atoms with E-state index in [4.69, 9.17) is 21.6 Å². The zero-order chi connectivity index (χ0) is 12.2. The van der Waals surface area contributed by atoms with Crippen LogP contribution in [-0.4, -0.2) is 7.11 Å². The van der Waals surface area contributed by atoms with Crippen LogP contribution in [0.5, 0.6) is 5.75 Å². The molecule has 0 aliphatic heterocycles. The summed E-state index contributed by atoms with van der Waals surface area (Å²) in [5, 5.41) is 8.84. The van der Waals surface area contributed by atoms with Gasteiger partial charge >= 0.3 is 0 Å². The molecule has 0 aromatic heterocycles. The van der Waals surface area contributed by atoms with Crippen LogP contribution in [-0.2, 0) is 11.3 Å². The molecule has 0 heterocycles. The van der Waals surface area contributed by atoms with Crippen molar-refractivity contribution >= 4 is 11.6 Å². The Balaban J connectivity index is 3.23. The predicted molar refractivity (Wildman–Crippen MR) is 65.8 cm³/mol. The summed E-state index contributed by atoms with van der Waals surface area (Å²) < 4.78 is 5.20. The second kappa shape index (κ2) is 5.23. The summed E-state index contributed by atoms with van der Waals surface area (Å²) in [6.45, 7) is 4.09. The highest BCUT2D eigenvalue weighted by atomic mass is 35.5. The fourth-order valence-electron chi connectivity index (χ4n) is 1.72. The first-order valence-corrected chi connectivity index (χ1v) is 5.69. The summed E-state index contributed by atoms with van der Waals surface area (Å²) in [5.41, 5.74) is 1.94. The van der Waals surface area contributed by atoms with Gasteiger partial charge in [0.1, 0.15) is 5.75 Å². The number of methoxy groups -OCH3 is 1. The van der Waals surface area contributed by atoms with Crippen molar-refractivity contribution in [3.8, 4) is 11.8 Å². The number of rotatable bonds is 4. The van der Waals surface area contributed by atoms with Crippen molar-refractivity contribution in [2.24, 2.45) is 0 Å². The SMILES string of the molecule is COc1ccc(CCl)c(C(C)(C)CC#N)c1. The lowest BCUT2D eigenvalue weighted by Gasteiger charge is -2.25. The minimum absolute atomic E-state index is 0.201. The van der Waals surface area contributed by atoms with Gasteiger partial charge in [0.2, 0.25) is 0 Å². The molecule has 86 valence electrons. The van der Waals surface area contributed by atoms with Crippen molar-refractivity contribution in [2.75, 3.05) is 7.11 Å². The Morgan fingerprint density at radius 3 is 2.62 bits per heavy atom. The zero-order valence-electron chi connectivity index (χ0n) is 9.88. The third-order valence-electron chi connectivity index (χ3n) is 2.71. The molecule has 0 aliphatic carbocycles. The van der Waals surface area contributed by atoms with E-state index in [2.05, 4.69) is 6.07 Å². The van der Waals surface area contributed by atoms with E-state index < -0.39 is 0 Å². The number of ether oxygens (including phenoxy) is 1. The Kier molecular flexibility index (Phi) is 4.20. The van der Waals surface area contributed by atoms with Crippen LogP contribution in [0.15, 0.2) is 18.2 Å². The molecule has 0 unspecified atom stereocenters. The average Bonchev–Trinajstić information content (AvgIpc) is 2.28. The first kappa shape index (κ1) is 12.9. The third kappa shape index (κ3) is 2.68. The van der Waals surface area contributed by atoms with Crippen LogP contribution in [0.25, 0.3) is 0 Å². The summed E-state index contributed by atoms with van der Waals surface area (Å²) in [6.07, 6.45) is 0.462. The molecule has 0 amide bonds. The van der Waals surface area contributed by atoms with Crippen LogP contribution in [0.1, 0.15) is 31.4 Å². The number of hydrogen-bond acceptors (Lipinski definition) is 2. The van der Waals surface area contributed by atoms with E-state index in [9.17, 15) is 0 Å². The van der Waals surface area contributed by atoms with Crippen molar-refractivity contribution in [2.45, 2.75) is 31.6 Å². The molecule has 3 heteroatoms. The molecule has 1 aromatic rings. The summed E-state index contributed by atoms with van der Waals surface area (Å²) >= 11 is 5.91. The van der Waals surface area contributed by atoms with Crippen LogP contribution < -0.4 is 4.74 Å². The Labute approximate surface area is 102 Å². The normalized spacial score (nSPS) is 10.9. The van der Waals surface area contributed by atoms with Gasteiger partial charge in [0, 0.05) is 17.7 Å². The minimum atomic E-state index is -0.201. The van der Waals surface area contributed by atoms with Gasteiger partial charge in [-0.2, -0.15) is 5.26 Å². The van der Waals surface area contributed by atoms with Crippen molar-refractivity contribution in [3.63, 3.8) is 0 Å². The number of halogens is 1. The minimum Gasteiger partial charge on any atom is -0.497 e. The van der Waals surface area contributed by atoms with Crippen molar-refractivity contribution in [1.29, 1.82) is 5.26 Å². The smallest absolute Gasteiger partial charge is 0.119 e. The van der Waals surface area contributed by atoms with Crippen LogP contribution in [0.4, 0.5) is 0 Å². The second-order valence-electron chi connectivity index (χ2n) is 4.38. The highest BCUT2D eigenvalue weighted by Gasteiger charge is 2.23. The van der Waals surface area contributed by atoms with Crippen molar-refractivity contribution in [1.82, 2.24) is 0 Å². The van der Waals surface area contributed by atoms with E-state index in [1.165, 1.54) is 0 Å². The molecule has 0 fully saturated rings. The van der Waals surface area contributed by atoms with Gasteiger partial charge in [0.05, 0.1) is 13.2 Å². The maximum atomic E-state index is 8.84. The van der Waals surface area contributed by atoms with Crippen LogP contribution in [0.2, 0.25) is 0 Å². The predicted octanol–water partition coefficient (Wildman–Crippen LogP) is 3.63. The van der Waals surface area contributed by atoms with Gasteiger partial charge in [-0.25, -0.2) is 0 Å². The molecule has 1 rings (SSSR count). The second-order valence-corrected chi connectivity index (χ2v) is 4.64. The van der Waals surface area contributed by atoms with Gasteiger partial charge in [-0.05, 0) is 23.3 Å². The van der Waals surface area contributed by atoms with Gasteiger partial charge in [0.15, 0.2) is 0 Å². The summed E-state index contributed by atoms with van der Waals surface area (Å²) in [4.78, 5) is 0. The maximum Gasteiger partial charge on any atom is 0.119 e. The molecule has 0 bridgehead atoms. The Hall–Kier alpha value is -1.20. The van der Waals surface area contributed by atoms with Crippen LogP contribution in [0, 0.1) is 11.3 Å². The molecule has 0 radical (unpaired) electrons. The largest absolute Gasteiger partial charge is 0.497 e. The topological polar surface area (TPSA) is 33.0 Å². The van der Waals surface area contributed by atoms with E-state index in [-0.39, 0.29) is 5.41 Å². The van der Waals surface area contributed by atoms with E-state index in [0.717, 1.165) is 16.9 Å². The standard InChI is InChI=1S/C13H16ClNO/c1-13(2,6-7-15)12-8-11(16-3)5-4-10(12)9-14/h4-5,8H,6,9H2,1-3H3. The quantitative estimate of drug-likeness (QED) is 0.750. The molecule has 1 aromatic carbocycles. The van der Waals surface area contributed by atoms with Crippen molar-refractivity contribution < 1.29 is 4.74 Å². The number of nitriles is 1. The molecular formula is C13H16ClNO. The number of alkyl halides is 1. The van der Waals surface area contributed by atoms with Gasteiger partial charge in [-0.15, -0.1) is 11.6 Å². The van der Waals surface area contributed by atoms with E-state index in [0.29, 0.717) is 12.3 Å². The zero-order valence-corrected chi connectivity index (χ0v) is 10.6. The van der Waals surface area contributed by atoms with E-state index in [1.807, 2.05) is 32.0 Å². The Bertz CT molecular complexity index is 407. The molecule has 0 saturated heterocycles. The number of nitrogens with zero attached hydrogens (tertiary/aromatic N) is 1. The summed E-state index contributed by atoms with van der Waals surface area (Å²) in [7, 11) is 1.64. The lowest BCUT2D eigenvalue weighted by Crippen LogP contribution is -2.18. The van der Waals surface area contributed by atoms with Gasteiger partial charge in [-0.1, -0.05) is 19.9 Å². The molecule has 16 heavy (non-hydrogen) atoms. The first-order chi connectivity index (χ1) is 7.55. The third-order valence-corrected chi connectivity index (χ3v) is 3.00. The fraction of sp³-hybridized carbons (Fsp3) is 0.462. The Morgan fingerprint density at radius 2 is 2.12 bits per heavy atom. The summed E-state index contributed by atoms with van der Waals surface area (Å²) in [6, 6.07) is 8.03. The highest BCUT2D eigenvalue weighted by Crippen LogP contribution is 2.33. The first-order valence-electron chi connectivity index (χ1n) is 5.15. The van der Waals surface area contributed by atoms with E-state index >= 15 is 0 Å². The lowest BCUT2D eigenvalue weighted by molar-refractivity contribution is 0.411. The van der Waals surface area contributed by atoms with Gasteiger partial charge in [-0.3, -0.25) is 0 Å². The molecule has 0 aliphatic rings. The van der Waals surface area contributed by atoms with E-state index in [1.54, 1.807) is 7.11 Å². The number of hydrogen-bond donors (Lipinski definition) is 0. The van der Waals surface area contributed by atoms with Crippen LogP contribution >= 0.6 is 11.6 Å². The molecule has 0 atom stereocenters. The lowest BCUT2D eigenvalue weighted by atomic mass is 9.79. The monoisotopic (exact) mass is 237 g/mol. The highest BCUT2D eigenvalue weighted by molar-refractivity contribution is 6.17. The molecule has 0 spiro atoms. The molecule has 0 saturated carbocycles. The van der Waals surface area contributed by atoms with Gasteiger partial charge in [0.25, 0.3) is 0 Å². The fourth-order valence-corrected chi connectivity index (χ4v) is 1.96. The van der Waals surface area contributed by atoms with Crippen molar-refractivity contribution in [3.05, 3.63) is 29.3 Å².